The van der Waals surface area contributed by atoms with Crippen molar-refractivity contribution < 1.29 is 13.2 Å². The second-order valence-corrected chi connectivity index (χ2v) is 9.38. The summed E-state index contributed by atoms with van der Waals surface area (Å²) in [4.78, 5) is 6.09. The third-order valence-electron chi connectivity index (χ3n) is 4.19. The number of hydrogen-bond acceptors (Lipinski definition) is 5. The molecular weight excluding hydrogens is 445 g/mol. The van der Waals surface area contributed by atoms with E-state index in [-0.39, 0.29) is 4.90 Å². The summed E-state index contributed by atoms with van der Waals surface area (Å²) in [5, 5.41) is 0.781. The van der Waals surface area contributed by atoms with Crippen LogP contribution in [0.3, 0.4) is 0 Å². The Bertz CT molecular complexity index is 1090. The van der Waals surface area contributed by atoms with Crippen molar-refractivity contribution >= 4 is 33.2 Å². The summed E-state index contributed by atoms with van der Waals surface area (Å²) in [5.41, 5.74) is 0.719. The van der Waals surface area contributed by atoms with Gasteiger partial charge in [-0.05, 0) is 62.1 Å². The summed E-state index contributed by atoms with van der Waals surface area (Å²) in [5.74, 6) is 0.916. The number of nitrogens with zero attached hydrogens (tertiary/aromatic N) is 2. The minimum atomic E-state index is -3.79. The molecule has 9 heteroatoms. The van der Waals surface area contributed by atoms with Gasteiger partial charge in [0, 0.05) is 18.8 Å². The van der Waals surface area contributed by atoms with Crippen LogP contribution >= 0.6 is 23.2 Å². The maximum absolute atomic E-state index is 13.0. The summed E-state index contributed by atoms with van der Waals surface area (Å²) in [7, 11) is -0.0624. The largest absolute Gasteiger partial charge is 0.439 e. The summed E-state index contributed by atoms with van der Waals surface area (Å²) in [6.07, 6.45) is 1.62. The molecule has 0 saturated heterocycles. The Kier molecular flexibility index (Phi) is 7.33. The van der Waals surface area contributed by atoms with E-state index in [4.69, 9.17) is 27.9 Å². The van der Waals surface area contributed by atoms with E-state index in [1.165, 1.54) is 12.1 Å². The summed E-state index contributed by atoms with van der Waals surface area (Å²) < 4.78 is 34.3. The van der Waals surface area contributed by atoms with Gasteiger partial charge in [-0.1, -0.05) is 35.3 Å². The predicted octanol–water partition coefficient (Wildman–Crippen LogP) is 4.76. The number of sulfonamides is 1. The van der Waals surface area contributed by atoms with E-state index in [0.717, 1.165) is 5.56 Å². The number of aromatic nitrogens is 1. The quantitative estimate of drug-likeness (QED) is 0.518. The van der Waals surface area contributed by atoms with E-state index in [2.05, 4.69) is 9.71 Å². The zero-order valence-corrected chi connectivity index (χ0v) is 18.7. The summed E-state index contributed by atoms with van der Waals surface area (Å²) in [6.45, 7) is 0.443. The molecule has 6 nitrogen and oxygen atoms in total. The Morgan fingerprint density at radius 2 is 1.77 bits per heavy atom. The number of rotatable bonds is 8. The van der Waals surface area contributed by atoms with E-state index in [1.54, 1.807) is 54.7 Å². The van der Waals surface area contributed by atoms with Gasteiger partial charge in [-0.3, -0.25) is 0 Å². The molecule has 0 aliphatic carbocycles. The number of halogens is 2. The molecule has 158 valence electrons. The Hall–Kier alpha value is -2.16. The van der Waals surface area contributed by atoms with Crippen molar-refractivity contribution in [1.82, 2.24) is 14.6 Å². The molecule has 0 spiro atoms. The molecule has 0 aliphatic rings. The summed E-state index contributed by atoms with van der Waals surface area (Å²) in [6, 6.07) is 16.0. The van der Waals surface area contributed by atoms with E-state index in [9.17, 15) is 8.42 Å². The molecule has 3 aromatic rings. The van der Waals surface area contributed by atoms with Crippen molar-refractivity contribution in [2.75, 3.05) is 20.6 Å². The minimum Gasteiger partial charge on any atom is -0.439 e. The second-order valence-electron chi connectivity index (χ2n) is 6.85. The zero-order chi connectivity index (χ0) is 21.7. The van der Waals surface area contributed by atoms with Crippen molar-refractivity contribution in [1.29, 1.82) is 0 Å². The Morgan fingerprint density at radius 3 is 2.37 bits per heavy atom. The van der Waals surface area contributed by atoms with Crippen molar-refractivity contribution in [2.24, 2.45) is 0 Å². The first kappa shape index (κ1) is 22.5. The molecule has 30 heavy (non-hydrogen) atoms. The van der Waals surface area contributed by atoms with Crippen LogP contribution in [0.1, 0.15) is 11.6 Å². The average molecular weight is 466 g/mol. The maximum Gasteiger partial charge on any atom is 0.241 e. The molecule has 0 saturated carbocycles. The molecular formula is C21H21Cl2N3O3S. The van der Waals surface area contributed by atoms with Gasteiger partial charge in [0.1, 0.15) is 5.75 Å². The molecule has 3 rings (SSSR count). The van der Waals surface area contributed by atoms with Crippen LogP contribution in [0.15, 0.2) is 71.8 Å². The van der Waals surface area contributed by atoms with Crippen LogP contribution in [-0.4, -0.2) is 38.9 Å². The van der Waals surface area contributed by atoms with Gasteiger partial charge in [-0.25, -0.2) is 18.1 Å². The number of nitrogens with one attached hydrogen (secondary N) is 1. The number of pyridine rings is 1. The normalized spacial score (nSPS) is 12.7. The highest BCUT2D eigenvalue weighted by Crippen LogP contribution is 2.27. The van der Waals surface area contributed by atoms with Crippen LogP contribution in [0.5, 0.6) is 11.6 Å². The Labute approximate surface area is 186 Å². The van der Waals surface area contributed by atoms with Crippen LogP contribution in [0.4, 0.5) is 0 Å². The fraction of sp³-hybridized carbons (Fsp3) is 0.190. The van der Waals surface area contributed by atoms with Crippen molar-refractivity contribution in [3.8, 4) is 11.6 Å². The standard InChI is InChI=1S/C21H21Cl2N3O3S/c1-26(2)14-20(15-6-11-18(22)19(23)13-15)25-30(27,28)17-9-7-16(8-10-17)29-21-5-3-4-12-24-21/h3-13,20,25H,14H2,1-2H3. The van der Waals surface area contributed by atoms with Crippen LogP contribution in [-0.2, 0) is 10.0 Å². The molecule has 1 heterocycles. The van der Waals surface area contributed by atoms with Gasteiger partial charge in [0.05, 0.1) is 21.0 Å². The summed E-state index contributed by atoms with van der Waals surface area (Å²) >= 11 is 12.1. The average Bonchev–Trinajstić information content (AvgIpc) is 2.70. The van der Waals surface area contributed by atoms with Gasteiger partial charge < -0.3 is 9.64 Å². The van der Waals surface area contributed by atoms with E-state index < -0.39 is 16.1 Å². The smallest absolute Gasteiger partial charge is 0.241 e. The predicted molar refractivity (Wildman–Crippen MR) is 119 cm³/mol. The van der Waals surface area contributed by atoms with Gasteiger partial charge in [0.15, 0.2) is 0 Å². The third-order valence-corrected chi connectivity index (χ3v) is 6.41. The highest BCUT2D eigenvalue weighted by molar-refractivity contribution is 7.89. The van der Waals surface area contributed by atoms with Crippen LogP contribution < -0.4 is 9.46 Å². The lowest BCUT2D eigenvalue weighted by Gasteiger charge is -2.23. The molecule has 0 aliphatic heterocycles. The molecule has 0 bridgehead atoms. The van der Waals surface area contributed by atoms with Crippen LogP contribution in [0.25, 0.3) is 0 Å². The number of hydrogen-bond donors (Lipinski definition) is 1. The minimum absolute atomic E-state index is 0.125. The lowest BCUT2D eigenvalue weighted by atomic mass is 10.1. The second kappa shape index (κ2) is 9.76. The first-order chi connectivity index (χ1) is 14.2. The van der Waals surface area contributed by atoms with Crippen molar-refractivity contribution in [2.45, 2.75) is 10.9 Å². The fourth-order valence-corrected chi connectivity index (χ4v) is 4.30. The molecule has 1 aromatic heterocycles. The number of likely N-dealkylation sites (N-methyl/N-ethyl adjacent to an activating group) is 1. The Balaban J connectivity index is 1.80. The molecule has 1 unspecified atom stereocenters. The topological polar surface area (TPSA) is 71.5 Å². The first-order valence-corrected chi connectivity index (χ1v) is 11.3. The van der Waals surface area contributed by atoms with E-state index in [1.807, 2.05) is 19.0 Å². The molecule has 1 atom stereocenters. The van der Waals surface area contributed by atoms with Crippen LogP contribution in [0, 0.1) is 0 Å². The molecule has 2 aromatic carbocycles. The monoisotopic (exact) mass is 465 g/mol. The lowest BCUT2D eigenvalue weighted by molar-refractivity contribution is 0.363. The van der Waals surface area contributed by atoms with E-state index >= 15 is 0 Å². The van der Waals surface area contributed by atoms with Gasteiger partial charge in [0.25, 0.3) is 0 Å². The van der Waals surface area contributed by atoms with Gasteiger partial charge in [-0.15, -0.1) is 0 Å². The third kappa shape index (κ3) is 5.93. The zero-order valence-electron chi connectivity index (χ0n) is 16.4. The van der Waals surface area contributed by atoms with Crippen molar-refractivity contribution in [3.05, 3.63) is 82.5 Å². The lowest BCUT2D eigenvalue weighted by Crippen LogP contribution is -2.35. The number of ether oxygens (including phenoxy) is 1. The van der Waals surface area contributed by atoms with Gasteiger partial charge in [-0.2, -0.15) is 0 Å². The molecule has 1 N–H and O–H groups in total. The fourth-order valence-electron chi connectivity index (χ4n) is 2.78. The molecule has 0 amide bonds. The molecule has 0 radical (unpaired) electrons. The maximum atomic E-state index is 13.0. The van der Waals surface area contributed by atoms with E-state index in [0.29, 0.717) is 28.2 Å². The van der Waals surface area contributed by atoms with Gasteiger partial charge >= 0.3 is 0 Å². The van der Waals surface area contributed by atoms with Gasteiger partial charge in [0.2, 0.25) is 15.9 Å². The number of benzene rings is 2. The van der Waals surface area contributed by atoms with Crippen molar-refractivity contribution in [3.63, 3.8) is 0 Å². The SMILES string of the molecule is CN(C)CC(NS(=O)(=O)c1ccc(Oc2ccccn2)cc1)c1ccc(Cl)c(Cl)c1. The highest BCUT2D eigenvalue weighted by Gasteiger charge is 2.23. The Morgan fingerprint density at radius 1 is 1.03 bits per heavy atom. The molecule has 0 fully saturated rings. The highest BCUT2D eigenvalue weighted by atomic mass is 35.5. The first-order valence-electron chi connectivity index (χ1n) is 9.05. The van der Waals surface area contributed by atoms with Crippen LogP contribution in [0.2, 0.25) is 10.0 Å².